The van der Waals surface area contributed by atoms with E-state index in [1.807, 2.05) is 0 Å². The van der Waals surface area contributed by atoms with Crippen molar-refractivity contribution in [2.45, 2.75) is 52.0 Å². The van der Waals surface area contributed by atoms with E-state index in [1.54, 1.807) is 0 Å². The van der Waals surface area contributed by atoms with Gasteiger partial charge in [-0.2, -0.15) is 0 Å². The number of nitrogens with two attached hydrogens (primary N) is 1. The zero-order valence-electron chi connectivity index (χ0n) is 13.1. The Balaban J connectivity index is 1.71. The van der Waals surface area contributed by atoms with Crippen LogP contribution < -0.4 is 10.5 Å². The number of benzene rings is 1. The van der Waals surface area contributed by atoms with Crippen molar-refractivity contribution in [2.24, 2.45) is 23.5 Å². The van der Waals surface area contributed by atoms with Crippen LogP contribution in [-0.4, -0.2) is 12.6 Å². The lowest BCUT2D eigenvalue weighted by Crippen LogP contribution is -2.21. The number of hydrogen-bond donors (Lipinski definition) is 1. The van der Waals surface area contributed by atoms with Gasteiger partial charge in [0.05, 0.1) is 6.61 Å². The Kier molecular flexibility index (Phi) is 4.60. The third kappa shape index (κ3) is 3.45. The van der Waals surface area contributed by atoms with Crippen molar-refractivity contribution in [2.75, 3.05) is 6.61 Å². The predicted molar refractivity (Wildman–Crippen MR) is 90.7 cm³/mol. The quantitative estimate of drug-likeness (QED) is 0.849. The maximum absolute atomic E-state index is 6.28. The zero-order valence-corrected chi connectivity index (χ0v) is 14.7. The van der Waals surface area contributed by atoms with Gasteiger partial charge in [-0.3, -0.25) is 0 Å². The lowest BCUT2D eigenvalue weighted by atomic mass is 9.89. The molecule has 4 unspecified atom stereocenters. The third-order valence-corrected chi connectivity index (χ3v) is 5.64. The van der Waals surface area contributed by atoms with E-state index in [-0.39, 0.29) is 6.04 Å². The smallest absolute Gasteiger partial charge is 0.125 e. The molecule has 1 aromatic rings. The van der Waals surface area contributed by atoms with Gasteiger partial charge >= 0.3 is 0 Å². The van der Waals surface area contributed by atoms with Crippen LogP contribution in [0.2, 0.25) is 0 Å². The molecule has 0 amide bonds. The molecule has 2 bridgehead atoms. The summed E-state index contributed by atoms with van der Waals surface area (Å²) >= 11 is 3.58. The van der Waals surface area contributed by atoms with Crippen molar-refractivity contribution in [3.8, 4) is 5.75 Å². The van der Waals surface area contributed by atoms with Crippen molar-refractivity contribution >= 4 is 15.9 Å². The maximum atomic E-state index is 6.28. The Bertz CT molecular complexity index is 514. The molecule has 1 aromatic carbocycles. The van der Waals surface area contributed by atoms with E-state index in [0.717, 1.165) is 41.0 Å². The van der Waals surface area contributed by atoms with E-state index < -0.39 is 0 Å². The number of ether oxygens (including phenoxy) is 1. The van der Waals surface area contributed by atoms with Crippen LogP contribution in [0.4, 0.5) is 0 Å². The summed E-state index contributed by atoms with van der Waals surface area (Å²) in [6.45, 7) is 5.07. The second kappa shape index (κ2) is 6.29. The number of aryl methyl sites for hydroxylation is 1. The molecule has 3 heteroatoms. The summed E-state index contributed by atoms with van der Waals surface area (Å²) < 4.78 is 7.40. The standard InChI is InChI=1S/C18H26BrNO/c1-11-5-17(19)9-15(6-12(2)20)18(11)21-10-16-8-13-3-4-14(16)7-13/h5,9,12-14,16H,3-4,6-8,10,20H2,1-2H3. The van der Waals surface area contributed by atoms with Crippen LogP contribution in [0.3, 0.4) is 0 Å². The molecule has 2 aliphatic carbocycles. The summed E-state index contributed by atoms with van der Waals surface area (Å²) in [6, 6.07) is 4.45. The highest BCUT2D eigenvalue weighted by Gasteiger charge is 2.39. The highest BCUT2D eigenvalue weighted by atomic mass is 79.9. The Labute approximate surface area is 136 Å². The van der Waals surface area contributed by atoms with Gasteiger partial charge in [-0.05, 0) is 80.5 Å². The van der Waals surface area contributed by atoms with Gasteiger partial charge in [0, 0.05) is 10.5 Å². The van der Waals surface area contributed by atoms with Crippen molar-refractivity contribution in [3.05, 3.63) is 27.7 Å². The SMILES string of the molecule is Cc1cc(Br)cc(CC(C)N)c1OCC1CC2CCC1C2. The van der Waals surface area contributed by atoms with Gasteiger partial charge < -0.3 is 10.5 Å². The minimum absolute atomic E-state index is 0.156. The molecular formula is C18H26BrNO. The fourth-order valence-corrected chi connectivity index (χ4v) is 4.89. The topological polar surface area (TPSA) is 35.2 Å². The molecule has 4 atom stereocenters. The summed E-state index contributed by atoms with van der Waals surface area (Å²) in [5.74, 6) is 3.74. The van der Waals surface area contributed by atoms with Crippen LogP contribution in [0.15, 0.2) is 16.6 Å². The van der Waals surface area contributed by atoms with Crippen LogP contribution >= 0.6 is 15.9 Å². The second-order valence-corrected chi connectivity index (χ2v) is 8.05. The number of hydrogen-bond acceptors (Lipinski definition) is 2. The van der Waals surface area contributed by atoms with E-state index in [2.05, 4.69) is 41.9 Å². The Morgan fingerprint density at radius 3 is 2.76 bits per heavy atom. The molecule has 0 aromatic heterocycles. The van der Waals surface area contributed by atoms with Gasteiger partial charge in [-0.15, -0.1) is 0 Å². The molecular weight excluding hydrogens is 326 g/mol. The Morgan fingerprint density at radius 2 is 2.14 bits per heavy atom. The first-order chi connectivity index (χ1) is 10.0. The second-order valence-electron chi connectivity index (χ2n) is 7.14. The van der Waals surface area contributed by atoms with Crippen LogP contribution in [0.25, 0.3) is 0 Å². The summed E-state index contributed by atoms with van der Waals surface area (Å²) in [4.78, 5) is 0. The maximum Gasteiger partial charge on any atom is 0.125 e. The molecule has 0 radical (unpaired) electrons. The number of halogens is 1. The van der Waals surface area contributed by atoms with Crippen molar-refractivity contribution < 1.29 is 4.74 Å². The van der Waals surface area contributed by atoms with E-state index in [4.69, 9.17) is 10.5 Å². The summed E-state index contributed by atoms with van der Waals surface area (Å²) in [5, 5.41) is 0. The first kappa shape index (κ1) is 15.4. The van der Waals surface area contributed by atoms with Crippen molar-refractivity contribution in [1.82, 2.24) is 0 Å². The van der Waals surface area contributed by atoms with Gasteiger partial charge in [-0.25, -0.2) is 0 Å². The average molecular weight is 352 g/mol. The third-order valence-electron chi connectivity index (χ3n) is 5.18. The fraction of sp³-hybridized carbons (Fsp3) is 0.667. The molecule has 2 N–H and O–H groups in total. The highest BCUT2D eigenvalue weighted by molar-refractivity contribution is 9.10. The first-order valence-corrected chi connectivity index (χ1v) is 8.99. The molecule has 2 fully saturated rings. The lowest BCUT2D eigenvalue weighted by molar-refractivity contribution is 0.193. The molecule has 2 nitrogen and oxygen atoms in total. The lowest BCUT2D eigenvalue weighted by Gasteiger charge is -2.24. The van der Waals surface area contributed by atoms with Crippen LogP contribution in [0.5, 0.6) is 5.75 Å². The molecule has 0 spiro atoms. The van der Waals surface area contributed by atoms with Gasteiger partial charge in [0.2, 0.25) is 0 Å². The molecule has 3 rings (SSSR count). The van der Waals surface area contributed by atoms with Gasteiger partial charge in [0.1, 0.15) is 5.75 Å². The van der Waals surface area contributed by atoms with Crippen molar-refractivity contribution in [1.29, 1.82) is 0 Å². The van der Waals surface area contributed by atoms with Gasteiger partial charge in [-0.1, -0.05) is 22.4 Å². The van der Waals surface area contributed by atoms with E-state index in [1.165, 1.54) is 36.8 Å². The molecule has 0 saturated heterocycles. The largest absolute Gasteiger partial charge is 0.493 e. The average Bonchev–Trinajstić information content (AvgIpc) is 2.98. The Hall–Kier alpha value is -0.540. The normalized spacial score (nSPS) is 28.9. The van der Waals surface area contributed by atoms with E-state index in [0.29, 0.717) is 0 Å². The minimum Gasteiger partial charge on any atom is -0.493 e. The Morgan fingerprint density at radius 1 is 1.33 bits per heavy atom. The van der Waals surface area contributed by atoms with E-state index >= 15 is 0 Å². The van der Waals surface area contributed by atoms with Gasteiger partial charge in [0.15, 0.2) is 0 Å². The van der Waals surface area contributed by atoms with E-state index in [9.17, 15) is 0 Å². The number of fused-ring (bicyclic) bond motifs is 2. The fourth-order valence-electron chi connectivity index (χ4n) is 4.28. The molecule has 116 valence electrons. The molecule has 0 aliphatic heterocycles. The predicted octanol–water partition coefficient (Wildman–Crippen LogP) is 4.46. The highest BCUT2D eigenvalue weighted by Crippen LogP contribution is 2.48. The molecule has 21 heavy (non-hydrogen) atoms. The summed E-state index contributed by atoms with van der Waals surface area (Å²) in [5.41, 5.74) is 8.44. The van der Waals surface area contributed by atoms with Gasteiger partial charge in [0.25, 0.3) is 0 Å². The number of rotatable bonds is 5. The van der Waals surface area contributed by atoms with Crippen molar-refractivity contribution in [3.63, 3.8) is 0 Å². The van der Waals surface area contributed by atoms with Crippen LogP contribution in [0.1, 0.15) is 43.7 Å². The summed E-state index contributed by atoms with van der Waals surface area (Å²) in [7, 11) is 0. The monoisotopic (exact) mass is 351 g/mol. The minimum atomic E-state index is 0.156. The molecule has 2 aliphatic rings. The zero-order chi connectivity index (χ0) is 15.0. The van der Waals surface area contributed by atoms with Crippen LogP contribution in [-0.2, 0) is 6.42 Å². The van der Waals surface area contributed by atoms with Crippen LogP contribution in [0, 0.1) is 24.7 Å². The first-order valence-electron chi connectivity index (χ1n) is 8.20. The molecule has 2 saturated carbocycles. The summed E-state index contributed by atoms with van der Waals surface area (Å²) in [6.07, 6.45) is 6.56. The molecule has 0 heterocycles.